The predicted molar refractivity (Wildman–Crippen MR) is 67.9 cm³/mol. The SMILES string of the molecule is CN1CCN(C(=O)CN(C)C(C)(C)CO)CC1. The molecule has 1 amide bonds. The van der Waals surface area contributed by atoms with Crippen molar-refractivity contribution in [2.45, 2.75) is 19.4 Å². The van der Waals surface area contributed by atoms with Gasteiger partial charge in [-0.05, 0) is 27.9 Å². The molecule has 100 valence electrons. The Hall–Kier alpha value is -0.650. The molecule has 0 atom stereocenters. The molecular weight excluding hydrogens is 218 g/mol. The first-order valence-corrected chi connectivity index (χ1v) is 6.15. The van der Waals surface area contributed by atoms with Crippen molar-refractivity contribution in [2.24, 2.45) is 0 Å². The van der Waals surface area contributed by atoms with Crippen molar-refractivity contribution in [1.82, 2.24) is 14.7 Å². The summed E-state index contributed by atoms with van der Waals surface area (Å²) in [4.78, 5) is 18.1. The fourth-order valence-corrected chi connectivity index (χ4v) is 1.69. The van der Waals surface area contributed by atoms with Gasteiger partial charge in [0.1, 0.15) is 0 Å². The van der Waals surface area contributed by atoms with Crippen molar-refractivity contribution in [3.05, 3.63) is 0 Å². The fourth-order valence-electron chi connectivity index (χ4n) is 1.69. The van der Waals surface area contributed by atoms with E-state index < -0.39 is 0 Å². The summed E-state index contributed by atoms with van der Waals surface area (Å²) in [5, 5.41) is 9.25. The number of carbonyl (C=O) groups excluding carboxylic acids is 1. The largest absolute Gasteiger partial charge is 0.394 e. The minimum atomic E-state index is -0.345. The maximum Gasteiger partial charge on any atom is 0.236 e. The van der Waals surface area contributed by atoms with Crippen LogP contribution in [0.25, 0.3) is 0 Å². The van der Waals surface area contributed by atoms with E-state index in [4.69, 9.17) is 0 Å². The Morgan fingerprint density at radius 2 is 1.82 bits per heavy atom. The molecule has 1 aliphatic rings. The first kappa shape index (κ1) is 14.4. The molecule has 1 saturated heterocycles. The van der Waals surface area contributed by atoms with Crippen molar-refractivity contribution in [3.8, 4) is 0 Å². The third-order valence-electron chi connectivity index (χ3n) is 3.65. The van der Waals surface area contributed by atoms with Crippen LogP contribution in [0.2, 0.25) is 0 Å². The quantitative estimate of drug-likeness (QED) is 0.720. The number of likely N-dealkylation sites (N-methyl/N-ethyl adjacent to an activating group) is 2. The van der Waals surface area contributed by atoms with E-state index in [1.54, 1.807) is 0 Å². The zero-order valence-corrected chi connectivity index (χ0v) is 11.4. The van der Waals surface area contributed by atoms with Gasteiger partial charge in [0.15, 0.2) is 0 Å². The molecule has 1 heterocycles. The van der Waals surface area contributed by atoms with Crippen molar-refractivity contribution in [3.63, 3.8) is 0 Å². The molecule has 0 bridgehead atoms. The second kappa shape index (κ2) is 5.80. The number of hydrogen-bond donors (Lipinski definition) is 1. The molecule has 5 heteroatoms. The van der Waals surface area contributed by atoms with Crippen LogP contribution in [0.5, 0.6) is 0 Å². The summed E-state index contributed by atoms with van der Waals surface area (Å²) < 4.78 is 0. The number of aliphatic hydroxyl groups is 1. The van der Waals surface area contributed by atoms with E-state index in [0.717, 1.165) is 26.2 Å². The highest BCUT2D eigenvalue weighted by Crippen LogP contribution is 2.11. The Morgan fingerprint density at radius 3 is 2.29 bits per heavy atom. The van der Waals surface area contributed by atoms with Gasteiger partial charge >= 0.3 is 0 Å². The van der Waals surface area contributed by atoms with Crippen molar-refractivity contribution in [1.29, 1.82) is 0 Å². The molecule has 5 nitrogen and oxygen atoms in total. The summed E-state index contributed by atoms with van der Waals surface area (Å²) >= 11 is 0. The lowest BCUT2D eigenvalue weighted by Gasteiger charge is -2.37. The maximum atomic E-state index is 12.1. The Labute approximate surface area is 104 Å². The average Bonchev–Trinajstić information content (AvgIpc) is 2.29. The topological polar surface area (TPSA) is 47.0 Å². The highest BCUT2D eigenvalue weighted by Gasteiger charge is 2.27. The van der Waals surface area contributed by atoms with Gasteiger partial charge in [-0.25, -0.2) is 0 Å². The molecule has 0 radical (unpaired) electrons. The van der Waals surface area contributed by atoms with Gasteiger partial charge in [-0.15, -0.1) is 0 Å². The molecule has 0 aromatic carbocycles. The summed E-state index contributed by atoms with van der Waals surface area (Å²) in [6.45, 7) is 7.80. The van der Waals surface area contributed by atoms with E-state index in [2.05, 4.69) is 11.9 Å². The van der Waals surface area contributed by atoms with Crippen LogP contribution in [0.1, 0.15) is 13.8 Å². The number of amides is 1. The van der Waals surface area contributed by atoms with Gasteiger partial charge < -0.3 is 14.9 Å². The minimum absolute atomic E-state index is 0.0551. The number of piperazine rings is 1. The molecule has 1 fully saturated rings. The van der Waals surface area contributed by atoms with Crippen LogP contribution in [0, 0.1) is 0 Å². The molecule has 0 aromatic heterocycles. The van der Waals surface area contributed by atoms with Crippen LogP contribution in [-0.4, -0.2) is 84.7 Å². The van der Waals surface area contributed by atoms with Crippen LogP contribution in [0.4, 0.5) is 0 Å². The normalized spacial score (nSPS) is 18.8. The van der Waals surface area contributed by atoms with E-state index in [1.807, 2.05) is 30.7 Å². The molecule has 0 aromatic rings. The molecule has 1 rings (SSSR count). The molecule has 0 unspecified atom stereocenters. The van der Waals surface area contributed by atoms with Gasteiger partial charge in [0.2, 0.25) is 5.91 Å². The second-order valence-corrected chi connectivity index (χ2v) is 5.51. The molecule has 1 N–H and O–H groups in total. The Balaban J connectivity index is 2.44. The molecule has 0 aliphatic carbocycles. The van der Waals surface area contributed by atoms with E-state index in [-0.39, 0.29) is 18.1 Å². The van der Waals surface area contributed by atoms with E-state index in [1.165, 1.54) is 0 Å². The molecule has 1 aliphatic heterocycles. The smallest absolute Gasteiger partial charge is 0.236 e. The van der Waals surface area contributed by atoms with Crippen molar-refractivity contribution >= 4 is 5.91 Å². The standard InChI is InChI=1S/C12H25N3O2/c1-12(2,10-16)14(4)9-11(17)15-7-5-13(3)6-8-15/h16H,5-10H2,1-4H3. The third-order valence-corrected chi connectivity index (χ3v) is 3.65. The zero-order chi connectivity index (χ0) is 13.1. The van der Waals surface area contributed by atoms with E-state index in [9.17, 15) is 9.90 Å². The van der Waals surface area contributed by atoms with Gasteiger partial charge in [0.05, 0.1) is 13.2 Å². The summed E-state index contributed by atoms with van der Waals surface area (Å²) in [7, 11) is 3.95. The van der Waals surface area contributed by atoms with Crippen molar-refractivity contribution < 1.29 is 9.90 Å². The molecular formula is C12H25N3O2. The highest BCUT2D eigenvalue weighted by molar-refractivity contribution is 5.78. The molecule has 0 saturated carbocycles. The lowest BCUT2D eigenvalue weighted by Crippen LogP contribution is -2.53. The highest BCUT2D eigenvalue weighted by atomic mass is 16.3. The van der Waals surface area contributed by atoms with Crippen LogP contribution in [-0.2, 0) is 4.79 Å². The maximum absolute atomic E-state index is 12.1. The van der Waals surface area contributed by atoms with Gasteiger partial charge in [-0.2, -0.15) is 0 Å². The minimum Gasteiger partial charge on any atom is -0.394 e. The summed E-state index contributed by atoms with van der Waals surface area (Å²) in [5.41, 5.74) is -0.345. The fraction of sp³-hybridized carbons (Fsp3) is 0.917. The number of nitrogens with zero attached hydrogens (tertiary/aromatic N) is 3. The van der Waals surface area contributed by atoms with Gasteiger partial charge in [-0.1, -0.05) is 0 Å². The van der Waals surface area contributed by atoms with Crippen LogP contribution in [0.3, 0.4) is 0 Å². The lowest BCUT2D eigenvalue weighted by molar-refractivity contribution is -0.135. The second-order valence-electron chi connectivity index (χ2n) is 5.51. The summed E-state index contributed by atoms with van der Waals surface area (Å²) in [5.74, 6) is 0.155. The molecule has 17 heavy (non-hydrogen) atoms. The van der Waals surface area contributed by atoms with Crippen molar-refractivity contribution in [2.75, 3.05) is 53.4 Å². The van der Waals surface area contributed by atoms with Gasteiger partial charge in [-0.3, -0.25) is 9.69 Å². The molecule has 0 spiro atoms. The van der Waals surface area contributed by atoms with Crippen LogP contribution >= 0.6 is 0 Å². The van der Waals surface area contributed by atoms with E-state index >= 15 is 0 Å². The zero-order valence-electron chi connectivity index (χ0n) is 11.4. The third kappa shape index (κ3) is 3.94. The lowest BCUT2D eigenvalue weighted by atomic mass is 10.1. The average molecular weight is 243 g/mol. The number of aliphatic hydroxyl groups excluding tert-OH is 1. The number of rotatable bonds is 4. The van der Waals surface area contributed by atoms with Crippen LogP contribution in [0.15, 0.2) is 0 Å². The Bertz CT molecular complexity index is 260. The number of carbonyl (C=O) groups is 1. The Kier molecular flexibility index (Phi) is 4.91. The Morgan fingerprint density at radius 1 is 1.29 bits per heavy atom. The monoisotopic (exact) mass is 243 g/mol. The van der Waals surface area contributed by atoms with Gasteiger partial charge in [0, 0.05) is 31.7 Å². The summed E-state index contributed by atoms with van der Waals surface area (Å²) in [6.07, 6.45) is 0. The van der Waals surface area contributed by atoms with Gasteiger partial charge in [0.25, 0.3) is 0 Å². The van der Waals surface area contributed by atoms with E-state index in [0.29, 0.717) is 6.54 Å². The first-order chi connectivity index (χ1) is 7.86. The predicted octanol–water partition coefficient (Wildman–Crippen LogP) is -0.537. The summed E-state index contributed by atoms with van der Waals surface area (Å²) in [6, 6.07) is 0. The van der Waals surface area contributed by atoms with Crippen LogP contribution < -0.4 is 0 Å². The number of hydrogen-bond acceptors (Lipinski definition) is 4. The first-order valence-electron chi connectivity index (χ1n) is 6.15.